The van der Waals surface area contributed by atoms with Gasteiger partial charge in [0.05, 0.1) is 0 Å². The lowest BCUT2D eigenvalue weighted by atomic mass is 9.81. The number of rotatable bonds is 6. The maximum absolute atomic E-state index is 2.52. The molecule has 0 saturated carbocycles. The summed E-state index contributed by atoms with van der Waals surface area (Å²) in [6, 6.07) is 59.6. The quantitative estimate of drug-likeness (QED) is 0.165. The van der Waals surface area contributed by atoms with Crippen LogP contribution in [0.25, 0.3) is 33.4 Å². The van der Waals surface area contributed by atoms with E-state index < -0.39 is 0 Å². The van der Waals surface area contributed by atoms with Crippen molar-refractivity contribution in [1.82, 2.24) is 0 Å². The third-order valence-corrected chi connectivity index (χ3v) is 15.1. The second-order valence-electron chi connectivity index (χ2n) is 20.0. The predicted octanol–water partition coefficient (Wildman–Crippen LogP) is 16.8. The topological polar surface area (TPSA) is 6.48 Å². The van der Waals surface area contributed by atoms with Gasteiger partial charge in [-0.05, 0) is 190 Å². The van der Waals surface area contributed by atoms with Crippen LogP contribution in [-0.2, 0) is 16.2 Å². The summed E-state index contributed by atoms with van der Waals surface area (Å²) in [7, 11) is 0. The van der Waals surface area contributed by atoms with E-state index in [1.54, 1.807) is 0 Å². The monoisotopic (exact) mass is 816 g/mol. The van der Waals surface area contributed by atoms with Gasteiger partial charge >= 0.3 is 0 Å². The fraction of sp³-hybridized carbons (Fsp3) is 0.213. The van der Waals surface area contributed by atoms with Crippen LogP contribution in [0.15, 0.2) is 158 Å². The van der Waals surface area contributed by atoms with Gasteiger partial charge in [0.25, 0.3) is 0 Å². The Hall–Kier alpha value is -6.64. The van der Waals surface area contributed by atoms with Crippen molar-refractivity contribution in [3.05, 3.63) is 213 Å². The highest BCUT2D eigenvalue weighted by molar-refractivity contribution is 5.93. The fourth-order valence-corrected chi connectivity index (χ4v) is 11.6. The summed E-state index contributed by atoms with van der Waals surface area (Å²) in [4.78, 5) is 5.04. The van der Waals surface area contributed by atoms with Crippen LogP contribution in [0.2, 0.25) is 0 Å². The van der Waals surface area contributed by atoms with Crippen molar-refractivity contribution in [2.45, 2.75) is 85.5 Å². The molecule has 0 bridgehead atoms. The normalized spacial score (nSPS) is 15.2. The van der Waals surface area contributed by atoms with E-state index in [4.69, 9.17) is 0 Å². The Kier molecular flexibility index (Phi) is 8.52. The fourth-order valence-electron chi connectivity index (χ4n) is 11.6. The molecule has 0 spiro atoms. The van der Waals surface area contributed by atoms with E-state index in [0.717, 1.165) is 11.4 Å². The van der Waals surface area contributed by atoms with E-state index in [9.17, 15) is 0 Å². The molecule has 310 valence electrons. The number of hydrogen-bond donors (Lipinski definition) is 0. The summed E-state index contributed by atoms with van der Waals surface area (Å²) < 4.78 is 0. The van der Waals surface area contributed by atoms with E-state index in [1.807, 2.05) is 0 Å². The standard InChI is InChI=1S/C61H56N2/c1-37-29-45-43-25-17-19-27-49(43)59(5,6)51(45)33-55(37)62(41-21-13-11-14-22-41)57-35-53-47(31-39(57)3)48-32-40(4)58(36-54(48)61(53,9)10)63(42-23-15-12-16-24-42)56-34-52-46(30-38(56)2)44-26-18-20-28-50(44)60(52,7)8/h11-36H,1-10H3. The Morgan fingerprint density at radius 1 is 0.270 bits per heavy atom. The SMILES string of the molecule is Cc1cc2c(cc1N(c1ccccc1)c1cc3c(cc1C)-c1cc(C)c(N(c4ccccc4)c4cc5c(cc4C)-c4ccccc4C5(C)C)cc1C3(C)C)C(C)(C)c1ccccc1-2. The molecule has 63 heavy (non-hydrogen) atoms. The zero-order valence-electron chi connectivity index (χ0n) is 38.4. The molecule has 0 atom stereocenters. The second kappa shape index (κ2) is 13.7. The Morgan fingerprint density at radius 2 is 0.524 bits per heavy atom. The molecule has 2 heteroatoms. The number of aryl methyl sites for hydroxylation is 4. The molecule has 0 fully saturated rings. The molecular weight excluding hydrogens is 761 g/mol. The number of benzene rings is 8. The maximum atomic E-state index is 2.52. The first-order valence-electron chi connectivity index (χ1n) is 22.7. The Morgan fingerprint density at radius 3 is 0.841 bits per heavy atom. The van der Waals surface area contributed by atoms with Crippen molar-refractivity contribution in [2.75, 3.05) is 9.80 Å². The summed E-state index contributed by atoms with van der Waals surface area (Å²) in [5.74, 6) is 0. The van der Waals surface area contributed by atoms with Crippen LogP contribution < -0.4 is 9.80 Å². The summed E-state index contributed by atoms with van der Waals surface area (Å²) in [6.07, 6.45) is 0. The van der Waals surface area contributed by atoms with E-state index in [0.29, 0.717) is 0 Å². The van der Waals surface area contributed by atoms with E-state index in [-0.39, 0.29) is 16.2 Å². The molecule has 0 unspecified atom stereocenters. The molecule has 0 heterocycles. The molecule has 2 nitrogen and oxygen atoms in total. The van der Waals surface area contributed by atoms with Gasteiger partial charge in [0.1, 0.15) is 0 Å². The molecule has 0 aromatic heterocycles. The van der Waals surface area contributed by atoms with Crippen LogP contribution in [0.1, 0.15) is 97.2 Å². The molecule has 0 aliphatic heterocycles. The maximum Gasteiger partial charge on any atom is 0.0494 e. The highest BCUT2D eigenvalue weighted by Gasteiger charge is 2.41. The molecule has 8 aromatic rings. The molecular formula is C61H56N2. The van der Waals surface area contributed by atoms with E-state index in [1.165, 1.54) is 112 Å². The summed E-state index contributed by atoms with van der Waals surface area (Å²) in [5.41, 5.74) is 28.2. The molecule has 0 radical (unpaired) electrons. The lowest BCUT2D eigenvalue weighted by molar-refractivity contribution is 0.659. The van der Waals surface area contributed by atoms with Crippen molar-refractivity contribution in [3.8, 4) is 33.4 Å². The van der Waals surface area contributed by atoms with Gasteiger partial charge in [-0.15, -0.1) is 0 Å². The lowest BCUT2D eigenvalue weighted by Gasteiger charge is -2.32. The van der Waals surface area contributed by atoms with Gasteiger partial charge < -0.3 is 9.80 Å². The van der Waals surface area contributed by atoms with E-state index >= 15 is 0 Å². The predicted molar refractivity (Wildman–Crippen MR) is 267 cm³/mol. The van der Waals surface area contributed by atoms with Crippen molar-refractivity contribution in [1.29, 1.82) is 0 Å². The summed E-state index contributed by atoms with van der Waals surface area (Å²) in [6.45, 7) is 23.5. The molecule has 3 aliphatic carbocycles. The second-order valence-corrected chi connectivity index (χ2v) is 20.0. The first-order chi connectivity index (χ1) is 30.2. The summed E-state index contributed by atoms with van der Waals surface area (Å²) >= 11 is 0. The average Bonchev–Trinajstić information content (AvgIpc) is 3.73. The minimum atomic E-state index is -0.256. The van der Waals surface area contributed by atoms with Crippen molar-refractivity contribution < 1.29 is 0 Å². The highest BCUT2D eigenvalue weighted by atomic mass is 15.2. The van der Waals surface area contributed by atoms with Crippen LogP contribution in [-0.4, -0.2) is 0 Å². The van der Waals surface area contributed by atoms with Gasteiger partial charge in [0.15, 0.2) is 0 Å². The third-order valence-electron chi connectivity index (χ3n) is 15.1. The third kappa shape index (κ3) is 5.63. The minimum absolute atomic E-state index is 0.101. The van der Waals surface area contributed by atoms with Crippen molar-refractivity contribution in [2.24, 2.45) is 0 Å². The molecule has 8 aromatic carbocycles. The van der Waals surface area contributed by atoms with Gasteiger partial charge in [0, 0.05) is 50.4 Å². The van der Waals surface area contributed by atoms with Crippen LogP contribution in [0.3, 0.4) is 0 Å². The molecule has 0 N–H and O–H groups in total. The van der Waals surface area contributed by atoms with Gasteiger partial charge in [-0.25, -0.2) is 0 Å². The van der Waals surface area contributed by atoms with Gasteiger partial charge in [-0.3, -0.25) is 0 Å². The minimum Gasteiger partial charge on any atom is -0.310 e. The average molecular weight is 817 g/mol. The van der Waals surface area contributed by atoms with Crippen molar-refractivity contribution in [3.63, 3.8) is 0 Å². The Labute approximate surface area is 374 Å². The zero-order chi connectivity index (χ0) is 43.7. The molecule has 0 amide bonds. The van der Waals surface area contributed by atoms with Gasteiger partial charge in [-0.2, -0.15) is 0 Å². The number of para-hydroxylation sites is 2. The number of anilines is 6. The highest BCUT2D eigenvalue weighted by Crippen LogP contribution is 2.57. The van der Waals surface area contributed by atoms with Gasteiger partial charge in [-0.1, -0.05) is 126 Å². The first kappa shape index (κ1) is 39.2. The Balaban J connectivity index is 1.06. The van der Waals surface area contributed by atoms with Gasteiger partial charge in [0.2, 0.25) is 0 Å². The lowest BCUT2D eigenvalue weighted by Crippen LogP contribution is -2.20. The van der Waals surface area contributed by atoms with Crippen molar-refractivity contribution >= 4 is 34.1 Å². The van der Waals surface area contributed by atoms with Crippen LogP contribution in [0, 0.1) is 27.7 Å². The van der Waals surface area contributed by atoms with E-state index in [2.05, 4.69) is 237 Å². The van der Waals surface area contributed by atoms with Crippen LogP contribution in [0.5, 0.6) is 0 Å². The Bertz CT molecular complexity index is 2970. The van der Waals surface area contributed by atoms with Crippen LogP contribution in [0.4, 0.5) is 34.1 Å². The zero-order valence-corrected chi connectivity index (χ0v) is 38.4. The smallest absolute Gasteiger partial charge is 0.0494 e. The molecule has 3 aliphatic rings. The molecule has 0 saturated heterocycles. The van der Waals surface area contributed by atoms with Crippen LogP contribution >= 0.6 is 0 Å². The first-order valence-corrected chi connectivity index (χ1v) is 22.7. The number of hydrogen-bond acceptors (Lipinski definition) is 2. The number of nitrogens with zero attached hydrogens (tertiary/aromatic N) is 2. The molecule has 11 rings (SSSR count). The number of fused-ring (bicyclic) bond motifs is 9. The summed E-state index contributed by atoms with van der Waals surface area (Å²) in [5, 5.41) is 0. The largest absolute Gasteiger partial charge is 0.310 e.